The van der Waals surface area contributed by atoms with Gasteiger partial charge in [0.25, 0.3) is 5.91 Å². The molecule has 0 bridgehead atoms. The minimum Gasteiger partial charge on any atom is -0.335 e. The summed E-state index contributed by atoms with van der Waals surface area (Å²) < 4.78 is 1.85. The standard InChI is InChI=1S/C28H32N6O2/c35-26-22-13-7-8-14-23(22)29-28(30-26)33-17-15-32(16-18-33)27(36)24-19-25(20-9-3-1-4-10-20)34(31-24)21-11-5-2-6-12-21/h1-6,9-12,19,22-23,28-29H,7-8,13-18H2,(H,30,35). The largest absolute Gasteiger partial charge is 0.335 e. The van der Waals surface area contributed by atoms with E-state index in [1.807, 2.05) is 76.3 Å². The molecule has 0 radical (unpaired) electrons. The molecule has 1 saturated carbocycles. The molecule has 3 heterocycles. The van der Waals surface area contributed by atoms with Crippen molar-refractivity contribution in [2.24, 2.45) is 5.92 Å². The summed E-state index contributed by atoms with van der Waals surface area (Å²) in [4.78, 5) is 30.3. The first-order chi connectivity index (χ1) is 17.7. The number of nitrogens with one attached hydrogen (secondary N) is 2. The molecule has 3 unspecified atom stereocenters. The van der Waals surface area contributed by atoms with Gasteiger partial charge in [-0.2, -0.15) is 5.10 Å². The molecule has 1 aromatic heterocycles. The van der Waals surface area contributed by atoms with Gasteiger partial charge in [0.1, 0.15) is 6.29 Å². The van der Waals surface area contributed by atoms with E-state index in [4.69, 9.17) is 5.10 Å². The van der Waals surface area contributed by atoms with Crippen molar-refractivity contribution in [2.75, 3.05) is 26.2 Å². The molecule has 2 aromatic carbocycles. The number of hydrogen-bond donors (Lipinski definition) is 2. The molecule has 2 amide bonds. The number of amides is 2. The summed E-state index contributed by atoms with van der Waals surface area (Å²) in [5.41, 5.74) is 3.26. The normalized spacial score (nSPS) is 24.7. The highest BCUT2D eigenvalue weighted by Gasteiger charge is 2.40. The van der Waals surface area contributed by atoms with Crippen LogP contribution in [0.5, 0.6) is 0 Å². The van der Waals surface area contributed by atoms with Crippen LogP contribution in [-0.4, -0.2) is 69.9 Å². The fraction of sp³-hybridized carbons (Fsp3) is 0.393. The van der Waals surface area contributed by atoms with E-state index in [1.165, 1.54) is 6.42 Å². The van der Waals surface area contributed by atoms with Crippen LogP contribution in [0.3, 0.4) is 0 Å². The average molecular weight is 485 g/mol. The number of para-hydroxylation sites is 1. The van der Waals surface area contributed by atoms with E-state index in [0.717, 1.165) is 36.2 Å². The van der Waals surface area contributed by atoms with E-state index in [1.54, 1.807) is 0 Å². The van der Waals surface area contributed by atoms with Crippen LogP contribution in [0.15, 0.2) is 66.7 Å². The minimum absolute atomic E-state index is 0.0607. The third-order valence-electron chi connectivity index (χ3n) is 7.72. The van der Waals surface area contributed by atoms with Crippen LogP contribution in [0, 0.1) is 5.92 Å². The van der Waals surface area contributed by atoms with Crippen molar-refractivity contribution < 1.29 is 9.59 Å². The molecule has 2 N–H and O–H groups in total. The van der Waals surface area contributed by atoms with E-state index in [9.17, 15) is 9.59 Å². The van der Waals surface area contributed by atoms with Crippen LogP contribution in [-0.2, 0) is 4.79 Å². The van der Waals surface area contributed by atoms with Crippen LogP contribution in [0.4, 0.5) is 0 Å². The number of carbonyl (C=O) groups is 2. The lowest BCUT2D eigenvalue weighted by Gasteiger charge is -2.46. The summed E-state index contributed by atoms with van der Waals surface area (Å²) in [5.74, 6) is 0.202. The van der Waals surface area contributed by atoms with E-state index in [2.05, 4.69) is 15.5 Å². The lowest BCUT2D eigenvalue weighted by Crippen LogP contribution is -2.69. The Morgan fingerprint density at radius 2 is 1.58 bits per heavy atom. The summed E-state index contributed by atoms with van der Waals surface area (Å²) in [6.45, 7) is 2.59. The zero-order chi connectivity index (χ0) is 24.5. The first-order valence-corrected chi connectivity index (χ1v) is 13.0. The molecule has 3 atom stereocenters. The second-order valence-corrected chi connectivity index (χ2v) is 9.93. The Kier molecular flexibility index (Phi) is 6.29. The second-order valence-electron chi connectivity index (χ2n) is 9.93. The number of aromatic nitrogens is 2. The maximum Gasteiger partial charge on any atom is 0.274 e. The molecule has 3 fully saturated rings. The Morgan fingerprint density at radius 1 is 0.889 bits per heavy atom. The maximum atomic E-state index is 13.5. The number of nitrogens with zero attached hydrogens (tertiary/aromatic N) is 4. The Morgan fingerprint density at radius 3 is 2.33 bits per heavy atom. The van der Waals surface area contributed by atoms with Crippen molar-refractivity contribution in [1.29, 1.82) is 0 Å². The molecule has 186 valence electrons. The van der Waals surface area contributed by atoms with Gasteiger partial charge in [0, 0.05) is 37.8 Å². The maximum absolute atomic E-state index is 13.5. The smallest absolute Gasteiger partial charge is 0.274 e. The number of fused-ring (bicyclic) bond motifs is 1. The predicted octanol–water partition coefficient (Wildman–Crippen LogP) is 2.86. The SMILES string of the molecule is O=C1NC(N2CCN(C(=O)c3cc(-c4ccccc4)n(-c4ccccc4)n3)CC2)NC2CCCCC12. The van der Waals surface area contributed by atoms with Crippen LogP contribution >= 0.6 is 0 Å². The Hall–Kier alpha value is -3.49. The topological polar surface area (TPSA) is 82.5 Å². The highest BCUT2D eigenvalue weighted by molar-refractivity contribution is 5.93. The lowest BCUT2D eigenvalue weighted by molar-refractivity contribution is -0.134. The van der Waals surface area contributed by atoms with Crippen molar-refractivity contribution >= 4 is 11.8 Å². The first kappa shape index (κ1) is 22.9. The van der Waals surface area contributed by atoms with Crippen molar-refractivity contribution in [2.45, 2.75) is 38.0 Å². The zero-order valence-corrected chi connectivity index (χ0v) is 20.3. The zero-order valence-electron chi connectivity index (χ0n) is 20.3. The van der Waals surface area contributed by atoms with Crippen LogP contribution in [0.1, 0.15) is 36.2 Å². The van der Waals surface area contributed by atoms with Crippen molar-refractivity contribution in [3.63, 3.8) is 0 Å². The molecular weight excluding hydrogens is 452 g/mol. The van der Waals surface area contributed by atoms with E-state index in [-0.39, 0.29) is 30.1 Å². The molecule has 8 heteroatoms. The Labute approximate surface area is 211 Å². The fourth-order valence-corrected chi connectivity index (χ4v) is 5.74. The number of rotatable bonds is 4. The van der Waals surface area contributed by atoms with Gasteiger partial charge in [-0.15, -0.1) is 0 Å². The van der Waals surface area contributed by atoms with Gasteiger partial charge in [0.2, 0.25) is 5.91 Å². The van der Waals surface area contributed by atoms with Crippen molar-refractivity contribution in [3.8, 4) is 16.9 Å². The summed E-state index contributed by atoms with van der Waals surface area (Å²) in [5, 5.41) is 11.6. The monoisotopic (exact) mass is 484 g/mol. The van der Waals surface area contributed by atoms with Crippen molar-refractivity contribution in [3.05, 3.63) is 72.4 Å². The van der Waals surface area contributed by atoms with Crippen molar-refractivity contribution in [1.82, 2.24) is 30.2 Å². The molecule has 1 aliphatic carbocycles. The summed E-state index contributed by atoms with van der Waals surface area (Å²) in [6.07, 6.45) is 4.18. The third-order valence-corrected chi connectivity index (χ3v) is 7.72. The number of piperazine rings is 1. The lowest BCUT2D eigenvalue weighted by atomic mass is 9.82. The van der Waals surface area contributed by atoms with Crippen LogP contribution in [0.25, 0.3) is 16.9 Å². The molecule has 2 aliphatic heterocycles. The molecule has 3 aromatic rings. The van der Waals surface area contributed by atoms with Gasteiger partial charge < -0.3 is 10.2 Å². The fourth-order valence-electron chi connectivity index (χ4n) is 5.74. The van der Waals surface area contributed by atoms with E-state index in [0.29, 0.717) is 31.9 Å². The van der Waals surface area contributed by atoms with Crippen LogP contribution in [0.2, 0.25) is 0 Å². The molecule has 3 aliphatic rings. The third kappa shape index (κ3) is 4.42. The predicted molar refractivity (Wildman–Crippen MR) is 137 cm³/mol. The summed E-state index contributed by atoms with van der Waals surface area (Å²) >= 11 is 0. The van der Waals surface area contributed by atoms with Gasteiger partial charge in [-0.25, -0.2) is 4.68 Å². The van der Waals surface area contributed by atoms with Gasteiger partial charge >= 0.3 is 0 Å². The number of benzene rings is 2. The van der Waals surface area contributed by atoms with Gasteiger partial charge in [0.15, 0.2) is 5.69 Å². The molecule has 36 heavy (non-hydrogen) atoms. The molecule has 0 spiro atoms. The molecule has 6 rings (SSSR count). The number of carbonyl (C=O) groups excluding carboxylic acids is 2. The highest BCUT2D eigenvalue weighted by Crippen LogP contribution is 2.28. The summed E-state index contributed by atoms with van der Waals surface area (Å²) in [6, 6.07) is 22.1. The van der Waals surface area contributed by atoms with Gasteiger partial charge in [-0.1, -0.05) is 61.4 Å². The van der Waals surface area contributed by atoms with Gasteiger partial charge in [-0.05, 0) is 31.0 Å². The number of hydrogen-bond acceptors (Lipinski definition) is 5. The Balaban J connectivity index is 1.17. The van der Waals surface area contributed by atoms with E-state index < -0.39 is 0 Å². The summed E-state index contributed by atoms with van der Waals surface area (Å²) in [7, 11) is 0. The Bertz CT molecular complexity index is 1160. The van der Waals surface area contributed by atoms with Gasteiger partial charge in [-0.3, -0.25) is 19.8 Å². The van der Waals surface area contributed by atoms with E-state index >= 15 is 0 Å². The minimum atomic E-state index is -0.156. The van der Waals surface area contributed by atoms with Crippen LogP contribution < -0.4 is 10.6 Å². The first-order valence-electron chi connectivity index (χ1n) is 13.0. The molecular formula is C28H32N6O2. The quantitative estimate of drug-likeness (QED) is 0.595. The van der Waals surface area contributed by atoms with Gasteiger partial charge in [0.05, 0.1) is 17.3 Å². The molecule has 2 saturated heterocycles. The molecule has 8 nitrogen and oxygen atoms in total. The highest BCUT2D eigenvalue weighted by atomic mass is 16.2. The average Bonchev–Trinajstić information content (AvgIpc) is 3.39. The second kappa shape index (κ2) is 9.87.